The fourth-order valence-corrected chi connectivity index (χ4v) is 0.253. The second-order valence-electron chi connectivity index (χ2n) is 1.53. The molecular weight excluding hydrogens is 162 g/mol. The number of primary amides is 1. The quantitative estimate of drug-likeness (QED) is 0.579. The van der Waals surface area contributed by atoms with Crippen LogP contribution in [0.1, 0.15) is 0 Å². The summed E-state index contributed by atoms with van der Waals surface area (Å²) in [5, 5.41) is 0. The number of aromatic nitrogens is 2. The Morgan fingerprint density at radius 1 is 1.45 bits per heavy atom. The SMILES string of the molecule is NC(=O)CS.c1cncnc1. The van der Waals surface area contributed by atoms with E-state index < -0.39 is 0 Å². The second-order valence-corrected chi connectivity index (χ2v) is 1.84. The van der Waals surface area contributed by atoms with E-state index >= 15 is 0 Å². The summed E-state index contributed by atoms with van der Waals surface area (Å²) in [7, 11) is 0. The van der Waals surface area contributed by atoms with Gasteiger partial charge in [-0.2, -0.15) is 12.6 Å². The van der Waals surface area contributed by atoms with Crippen molar-refractivity contribution in [3.63, 3.8) is 0 Å². The van der Waals surface area contributed by atoms with E-state index in [1.54, 1.807) is 18.5 Å². The first-order valence-electron chi connectivity index (χ1n) is 2.86. The van der Waals surface area contributed by atoms with Crippen LogP contribution in [-0.2, 0) is 4.79 Å². The van der Waals surface area contributed by atoms with E-state index in [9.17, 15) is 4.79 Å². The number of hydrogen-bond acceptors (Lipinski definition) is 4. The number of carbonyl (C=O) groups is 1. The summed E-state index contributed by atoms with van der Waals surface area (Å²) < 4.78 is 0. The molecule has 0 aliphatic carbocycles. The highest BCUT2D eigenvalue weighted by atomic mass is 32.1. The Bertz CT molecular complexity index is 166. The molecule has 0 aromatic carbocycles. The molecule has 1 aromatic rings. The molecule has 0 spiro atoms. The Balaban J connectivity index is 0.000000187. The van der Waals surface area contributed by atoms with Gasteiger partial charge < -0.3 is 5.73 Å². The molecule has 60 valence electrons. The molecule has 11 heavy (non-hydrogen) atoms. The van der Waals surface area contributed by atoms with Gasteiger partial charge in [-0.1, -0.05) is 0 Å². The summed E-state index contributed by atoms with van der Waals surface area (Å²) >= 11 is 3.54. The zero-order valence-corrected chi connectivity index (χ0v) is 6.74. The predicted molar refractivity (Wildman–Crippen MR) is 45.1 cm³/mol. The molecule has 5 heteroatoms. The summed E-state index contributed by atoms with van der Waals surface area (Å²) in [5.41, 5.74) is 4.58. The Kier molecular flexibility index (Phi) is 6.31. The third-order valence-corrected chi connectivity index (χ3v) is 0.945. The Hall–Kier alpha value is -1.10. The number of nitrogens with two attached hydrogens (primary N) is 1. The zero-order valence-electron chi connectivity index (χ0n) is 5.84. The minimum Gasteiger partial charge on any atom is -0.369 e. The fraction of sp³-hybridized carbons (Fsp3) is 0.167. The standard InChI is InChI=1S/C4H4N2.C2H5NOS/c1-2-5-4-6-3-1;3-2(4)1-5/h1-4H;5H,1H2,(H2,3,4). The summed E-state index contributed by atoms with van der Waals surface area (Å²) in [5.74, 6) is -0.242. The average molecular weight is 171 g/mol. The van der Waals surface area contributed by atoms with Gasteiger partial charge in [0.05, 0.1) is 5.75 Å². The molecule has 1 rings (SSSR count). The first-order chi connectivity index (χ1) is 5.27. The molecule has 0 aliphatic rings. The normalized spacial score (nSPS) is 7.73. The van der Waals surface area contributed by atoms with Crippen LogP contribution in [0.25, 0.3) is 0 Å². The molecular formula is C6H9N3OS. The van der Waals surface area contributed by atoms with Crippen molar-refractivity contribution >= 4 is 18.5 Å². The maximum Gasteiger partial charge on any atom is 0.227 e. The first-order valence-corrected chi connectivity index (χ1v) is 3.49. The van der Waals surface area contributed by atoms with Crippen LogP contribution in [0, 0.1) is 0 Å². The zero-order chi connectivity index (χ0) is 8.53. The summed E-state index contributed by atoms with van der Waals surface area (Å²) in [6.45, 7) is 0. The molecule has 2 N–H and O–H groups in total. The lowest BCUT2D eigenvalue weighted by atomic mass is 10.7. The Morgan fingerprint density at radius 3 is 2.00 bits per heavy atom. The minimum atomic E-state index is -0.381. The van der Waals surface area contributed by atoms with Crippen molar-refractivity contribution in [2.45, 2.75) is 0 Å². The van der Waals surface area contributed by atoms with Crippen molar-refractivity contribution in [3.8, 4) is 0 Å². The van der Waals surface area contributed by atoms with Crippen molar-refractivity contribution in [1.29, 1.82) is 0 Å². The number of nitrogens with zero attached hydrogens (tertiary/aromatic N) is 2. The van der Waals surface area contributed by atoms with E-state index in [0.29, 0.717) is 0 Å². The van der Waals surface area contributed by atoms with Gasteiger partial charge in [0.25, 0.3) is 0 Å². The van der Waals surface area contributed by atoms with Crippen molar-refractivity contribution in [1.82, 2.24) is 9.97 Å². The highest BCUT2D eigenvalue weighted by molar-refractivity contribution is 7.81. The van der Waals surface area contributed by atoms with Gasteiger partial charge in [0.15, 0.2) is 0 Å². The van der Waals surface area contributed by atoms with E-state index in [1.165, 1.54) is 6.33 Å². The lowest BCUT2D eigenvalue weighted by Gasteiger charge is -1.72. The fourth-order valence-electron chi connectivity index (χ4n) is 0.253. The van der Waals surface area contributed by atoms with Crippen LogP contribution in [0.5, 0.6) is 0 Å². The molecule has 0 unspecified atom stereocenters. The van der Waals surface area contributed by atoms with Gasteiger partial charge in [-0.3, -0.25) is 4.79 Å². The number of thiol groups is 1. The summed E-state index contributed by atoms with van der Waals surface area (Å²) in [6, 6.07) is 1.78. The van der Waals surface area contributed by atoms with E-state index in [1.807, 2.05) is 0 Å². The molecule has 4 nitrogen and oxygen atoms in total. The van der Waals surface area contributed by atoms with Crippen LogP contribution in [-0.4, -0.2) is 21.6 Å². The number of amides is 1. The van der Waals surface area contributed by atoms with Crippen LogP contribution in [0.15, 0.2) is 24.8 Å². The van der Waals surface area contributed by atoms with Crippen LogP contribution >= 0.6 is 12.6 Å². The lowest BCUT2D eigenvalue weighted by Crippen LogP contribution is -2.10. The summed E-state index contributed by atoms with van der Waals surface area (Å²) in [4.78, 5) is 16.9. The van der Waals surface area contributed by atoms with Gasteiger partial charge in [0.2, 0.25) is 5.91 Å². The highest BCUT2D eigenvalue weighted by Crippen LogP contribution is 1.66. The van der Waals surface area contributed by atoms with Crippen molar-refractivity contribution in [3.05, 3.63) is 24.8 Å². The highest BCUT2D eigenvalue weighted by Gasteiger charge is 1.78. The average Bonchev–Trinajstić information content (AvgIpc) is 2.09. The topological polar surface area (TPSA) is 68.9 Å². The monoisotopic (exact) mass is 171 g/mol. The lowest BCUT2D eigenvalue weighted by molar-refractivity contribution is -0.115. The predicted octanol–water partition coefficient (Wildman–Crippen LogP) is -0.122. The molecule has 1 aromatic heterocycles. The van der Waals surface area contributed by atoms with Crippen molar-refractivity contribution in [2.75, 3.05) is 5.75 Å². The number of carbonyl (C=O) groups excluding carboxylic acids is 1. The maximum atomic E-state index is 9.51. The van der Waals surface area contributed by atoms with E-state index in [2.05, 4.69) is 28.3 Å². The van der Waals surface area contributed by atoms with E-state index in [0.717, 1.165) is 0 Å². The molecule has 0 bridgehead atoms. The molecule has 0 saturated carbocycles. The van der Waals surface area contributed by atoms with Crippen molar-refractivity contribution < 1.29 is 4.79 Å². The molecule has 0 fully saturated rings. The van der Waals surface area contributed by atoms with Crippen LogP contribution in [0.2, 0.25) is 0 Å². The van der Waals surface area contributed by atoms with Crippen LogP contribution in [0.3, 0.4) is 0 Å². The molecule has 0 radical (unpaired) electrons. The summed E-state index contributed by atoms with van der Waals surface area (Å²) in [6.07, 6.45) is 4.88. The second kappa shape index (κ2) is 7.01. The maximum absolute atomic E-state index is 9.51. The molecule has 0 atom stereocenters. The molecule has 0 aliphatic heterocycles. The van der Waals surface area contributed by atoms with Crippen LogP contribution < -0.4 is 5.73 Å². The largest absolute Gasteiger partial charge is 0.369 e. The van der Waals surface area contributed by atoms with Gasteiger partial charge in [0.1, 0.15) is 6.33 Å². The number of rotatable bonds is 1. The van der Waals surface area contributed by atoms with Gasteiger partial charge >= 0.3 is 0 Å². The van der Waals surface area contributed by atoms with Crippen molar-refractivity contribution in [2.24, 2.45) is 5.73 Å². The van der Waals surface area contributed by atoms with Gasteiger partial charge in [0, 0.05) is 12.4 Å². The number of hydrogen-bond donors (Lipinski definition) is 2. The molecule has 0 saturated heterocycles. The molecule has 1 heterocycles. The van der Waals surface area contributed by atoms with Crippen LogP contribution in [0.4, 0.5) is 0 Å². The minimum absolute atomic E-state index is 0.139. The molecule has 1 amide bonds. The first kappa shape index (κ1) is 9.90. The third-order valence-electron chi connectivity index (χ3n) is 0.633. The smallest absolute Gasteiger partial charge is 0.227 e. The van der Waals surface area contributed by atoms with Gasteiger partial charge in [-0.05, 0) is 6.07 Å². The Morgan fingerprint density at radius 2 is 1.91 bits per heavy atom. The third kappa shape index (κ3) is 8.90. The van der Waals surface area contributed by atoms with Gasteiger partial charge in [-0.15, -0.1) is 0 Å². The van der Waals surface area contributed by atoms with E-state index in [-0.39, 0.29) is 11.7 Å². The van der Waals surface area contributed by atoms with E-state index in [4.69, 9.17) is 0 Å². The Labute approximate surface area is 70.3 Å². The van der Waals surface area contributed by atoms with Gasteiger partial charge in [-0.25, -0.2) is 9.97 Å².